The molecule has 2 aliphatic heterocycles. The maximum Gasteiger partial charge on any atom is 0.254 e. The van der Waals surface area contributed by atoms with Crippen LogP contribution in [0.15, 0.2) is 36.5 Å². The molecule has 0 saturated carbocycles. The number of carbonyl (C=O) groups is 1. The van der Waals surface area contributed by atoms with Crippen LogP contribution in [0.4, 0.5) is 22.0 Å². The summed E-state index contributed by atoms with van der Waals surface area (Å²) in [5.41, 5.74) is 4.30. The maximum atomic E-state index is 15.1. The first-order valence-corrected chi connectivity index (χ1v) is 11.4. The Morgan fingerprint density at radius 2 is 1.97 bits per heavy atom. The molecule has 1 N–H and O–H groups in total. The highest BCUT2D eigenvalue weighted by Gasteiger charge is 2.27. The molecule has 6 rings (SSSR count). The minimum atomic E-state index is -0.422. The zero-order valence-corrected chi connectivity index (χ0v) is 19.4. The van der Waals surface area contributed by atoms with Crippen molar-refractivity contribution in [2.24, 2.45) is 0 Å². The van der Waals surface area contributed by atoms with Crippen molar-refractivity contribution in [2.45, 2.75) is 19.5 Å². The lowest BCUT2D eigenvalue weighted by molar-refractivity contribution is 0.0816. The van der Waals surface area contributed by atoms with Crippen LogP contribution in [0.25, 0.3) is 22.3 Å². The summed E-state index contributed by atoms with van der Waals surface area (Å²) in [7, 11) is 3.72. The summed E-state index contributed by atoms with van der Waals surface area (Å²) >= 11 is 6.45. The van der Waals surface area contributed by atoms with Crippen LogP contribution >= 0.6 is 11.6 Å². The van der Waals surface area contributed by atoms with Crippen LogP contribution in [0.1, 0.15) is 22.3 Å². The summed E-state index contributed by atoms with van der Waals surface area (Å²) < 4.78 is 17.1. The Labute approximate surface area is 200 Å². The smallest absolute Gasteiger partial charge is 0.254 e. The lowest BCUT2D eigenvalue weighted by Gasteiger charge is -2.25. The van der Waals surface area contributed by atoms with Crippen molar-refractivity contribution in [3.05, 3.63) is 58.5 Å². The van der Waals surface area contributed by atoms with Crippen LogP contribution < -0.4 is 10.2 Å². The van der Waals surface area contributed by atoms with Crippen molar-refractivity contribution in [3.8, 4) is 11.3 Å². The minimum Gasteiger partial charge on any atom is -0.345 e. The maximum absolute atomic E-state index is 15.1. The molecule has 0 fully saturated rings. The van der Waals surface area contributed by atoms with Crippen molar-refractivity contribution >= 4 is 46.1 Å². The van der Waals surface area contributed by atoms with E-state index in [1.165, 1.54) is 12.3 Å². The predicted molar refractivity (Wildman–Crippen MR) is 129 cm³/mol. The van der Waals surface area contributed by atoms with E-state index < -0.39 is 5.82 Å². The molecule has 2 aromatic carbocycles. The van der Waals surface area contributed by atoms with Gasteiger partial charge < -0.3 is 19.7 Å². The van der Waals surface area contributed by atoms with Gasteiger partial charge in [-0.1, -0.05) is 17.7 Å². The number of hydrogen-bond donors (Lipinski definition) is 1. The molecular weight excluding hydrogens is 457 g/mol. The Balaban J connectivity index is 1.41. The van der Waals surface area contributed by atoms with Gasteiger partial charge in [0.15, 0.2) is 5.82 Å². The predicted octanol–water partition coefficient (Wildman–Crippen LogP) is 4.45. The number of fused-ring (bicyclic) bond motifs is 4. The van der Waals surface area contributed by atoms with Crippen LogP contribution in [0.3, 0.4) is 0 Å². The number of amides is 1. The van der Waals surface area contributed by atoms with Gasteiger partial charge in [0.25, 0.3) is 5.91 Å². The van der Waals surface area contributed by atoms with E-state index in [4.69, 9.17) is 11.6 Å². The average Bonchev–Trinajstić information content (AvgIpc) is 3.35. The van der Waals surface area contributed by atoms with E-state index in [2.05, 4.69) is 20.3 Å². The van der Waals surface area contributed by atoms with Crippen LogP contribution in [-0.2, 0) is 13.1 Å². The Bertz CT molecular complexity index is 1480. The number of aromatic nitrogens is 4. The molecule has 172 valence electrons. The largest absolute Gasteiger partial charge is 0.345 e. The summed E-state index contributed by atoms with van der Waals surface area (Å²) in [5.74, 6) is 0.626. The number of nitrogens with one attached hydrogen (secondary N) is 1. The number of halogens is 2. The third kappa shape index (κ3) is 3.19. The van der Waals surface area contributed by atoms with Gasteiger partial charge in [0.1, 0.15) is 5.52 Å². The standard InChI is InChI=1S/C24H21ClFN7O/c1-31-7-4-8-33-19-10-13(9-17(26)21(19)30-24(31)33)20-16(25)11-27-23(29-20)28-18-6-3-5-14-15(18)12-32(2)22(14)34/h3,5-6,9-11H,4,7-8,12H2,1-2H3,(H,27,28,29). The van der Waals surface area contributed by atoms with E-state index in [1.807, 2.05) is 40.8 Å². The van der Waals surface area contributed by atoms with Gasteiger partial charge in [0.05, 0.1) is 22.4 Å². The van der Waals surface area contributed by atoms with E-state index in [1.54, 1.807) is 11.9 Å². The van der Waals surface area contributed by atoms with Crippen molar-refractivity contribution in [1.29, 1.82) is 0 Å². The average molecular weight is 478 g/mol. The quantitative estimate of drug-likeness (QED) is 0.469. The molecule has 0 aliphatic carbocycles. The second kappa shape index (κ2) is 7.66. The molecule has 4 heterocycles. The van der Waals surface area contributed by atoms with Gasteiger partial charge in [-0.25, -0.2) is 19.3 Å². The first kappa shape index (κ1) is 20.9. The summed E-state index contributed by atoms with van der Waals surface area (Å²) in [6, 6.07) is 8.79. The molecule has 0 atom stereocenters. The number of benzene rings is 2. The Morgan fingerprint density at radius 1 is 1.12 bits per heavy atom. The van der Waals surface area contributed by atoms with Gasteiger partial charge in [0.2, 0.25) is 11.9 Å². The third-order valence-electron chi connectivity index (χ3n) is 6.42. The highest BCUT2D eigenvalue weighted by Crippen LogP contribution is 2.35. The molecule has 8 nitrogen and oxygen atoms in total. The fourth-order valence-corrected chi connectivity index (χ4v) is 4.92. The van der Waals surface area contributed by atoms with E-state index in [-0.39, 0.29) is 5.91 Å². The molecule has 0 radical (unpaired) electrons. The van der Waals surface area contributed by atoms with E-state index >= 15 is 4.39 Å². The summed E-state index contributed by atoms with van der Waals surface area (Å²) in [6.45, 7) is 2.16. The first-order valence-electron chi connectivity index (χ1n) is 11.0. The SMILES string of the molecule is CN1Cc2c(Nc3ncc(Cl)c(-c4cc(F)c5nc6n(c5c4)CCCN6C)n3)cccc2C1=O. The molecule has 4 aromatic rings. The lowest BCUT2D eigenvalue weighted by atomic mass is 10.1. The molecule has 0 saturated heterocycles. The van der Waals surface area contributed by atoms with E-state index in [9.17, 15) is 4.79 Å². The number of rotatable bonds is 3. The number of imidazole rings is 1. The van der Waals surface area contributed by atoms with Crippen LogP contribution in [-0.4, -0.2) is 51.0 Å². The topological polar surface area (TPSA) is 79.2 Å². The van der Waals surface area contributed by atoms with E-state index in [0.717, 1.165) is 36.7 Å². The highest BCUT2D eigenvalue weighted by atomic mass is 35.5. The van der Waals surface area contributed by atoms with Gasteiger partial charge in [0, 0.05) is 56.1 Å². The van der Waals surface area contributed by atoms with Crippen molar-refractivity contribution in [1.82, 2.24) is 24.4 Å². The molecule has 0 bridgehead atoms. The molecule has 0 unspecified atom stereocenters. The summed E-state index contributed by atoms with van der Waals surface area (Å²) in [4.78, 5) is 29.4. The highest BCUT2D eigenvalue weighted by molar-refractivity contribution is 6.33. The van der Waals surface area contributed by atoms with E-state index in [0.29, 0.717) is 45.4 Å². The van der Waals surface area contributed by atoms with Gasteiger partial charge in [-0.05, 0) is 30.7 Å². The number of aryl methyl sites for hydroxylation is 1. The van der Waals surface area contributed by atoms with Crippen molar-refractivity contribution < 1.29 is 9.18 Å². The van der Waals surface area contributed by atoms with Gasteiger partial charge in [-0.15, -0.1) is 0 Å². The van der Waals surface area contributed by atoms with Crippen LogP contribution in [0.5, 0.6) is 0 Å². The number of carbonyl (C=O) groups excluding carboxylic acids is 1. The van der Waals surface area contributed by atoms with Gasteiger partial charge >= 0.3 is 0 Å². The van der Waals surface area contributed by atoms with Crippen molar-refractivity contribution in [3.63, 3.8) is 0 Å². The number of nitrogens with zero attached hydrogens (tertiary/aromatic N) is 6. The fraction of sp³-hybridized carbons (Fsp3) is 0.250. The monoisotopic (exact) mass is 477 g/mol. The Hall–Kier alpha value is -3.72. The zero-order chi connectivity index (χ0) is 23.6. The van der Waals surface area contributed by atoms with Gasteiger partial charge in [-0.2, -0.15) is 0 Å². The number of hydrogen-bond acceptors (Lipinski definition) is 6. The summed E-state index contributed by atoms with van der Waals surface area (Å²) in [5, 5.41) is 3.52. The van der Waals surface area contributed by atoms with Crippen molar-refractivity contribution in [2.75, 3.05) is 30.9 Å². The Kier molecular flexibility index (Phi) is 4.70. The molecule has 2 aliphatic rings. The fourth-order valence-electron chi connectivity index (χ4n) is 4.72. The van der Waals surface area contributed by atoms with Gasteiger partial charge in [-0.3, -0.25) is 4.79 Å². The molecule has 1 amide bonds. The molecule has 2 aromatic heterocycles. The second-order valence-electron chi connectivity index (χ2n) is 8.67. The second-order valence-corrected chi connectivity index (χ2v) is 9.08. The zero-order valence-electron chi connectivity index (χ0n) is 18.6. The molecule has 0 spiro atoms. The third-order valence-corrected chi connectivity index (χ3v) is 6.69. The normalized spacial score (nSPS) is 15.1. The first-order chi connectivity index (χ1) is 16.4. The number of anilines is 3. The minimum absolute atomic E-state index is 0.0186. The van der Waals surface area contributed by atoms with Crippen LogP contribution in [0.2, 0.25) is 5.02 Å². The Morgan fingerprint density at radius 3 is 2.82 bits per heavy atom. The van der Waals surface area contributed by atoms with Crippen LogP contribution in [0, 0.1) is 5.82 Å². The molecule has 10 heteroatoms. The lowest BCUT2D eigenvalue weighted by Crippen LogP contribution is -2.28. The summed E-state index contributed by atoms with van der Waals surface area (Å²) in [6.07, 6.45) is 2.45. The molecule has 34 heavy (non-hydrogen) atoms. The molecular formula is C24H21ClFN7O.